The number of hydrogen-bond donors (Lipinski definition) is 0. The molecule has 0 bridgehead atoms. The van der Waals surface area contributed by atoms with Crippen molar-refractivity contribution in [3.63, 3.8) is 0 Å². The van der Waals surface area contributed by atoms with Gasteiger partial charge in [-0.3, -0.25) is 0 Å². The highest BCUT2D eigenvalue weighted by atomic mass is 32.2. The zero-order valence-corrected chi connectivity index (χ0v) is 15.7. The molecule has 3 rings (SSSR count). The van der Waals surface area contributed by atoms with Crippen LogP contribution in [-0.4, -0.2) is 53.4 Å². The van der Waals surface area contributed by atoms with Crippen LogP contribution in [0.2, 0.25) is 0 Å². The van der Waals surface area contributed by atoms with E-state index in [4.69, 9.17) is 0 Å². The molecule has 0 amide bonds. The van der Waals surface area contributed by atoms with Crippen LogP contribution in [0.4, 0.5) is 19.0 Å². The molecule has 0 aliphatic carbocycles. The van der Waals surface area contributed by atoms with Crippen molar-refractivity contribution in [3.8, 4) is 0 Å². The number of piperidine rings is 1. The first kappa shape index (κ1) is 19.6. The number of halogens is 3. The molecule has 0 N–H and O–H groups in total. The van der Waals surface area contributed by atoms with Crippen molar-refractivity contribution in [2.75, 3.05) is 25.0 Å². The van der Waals surface area contributed by atoms with Crippen molar-refractivity contribution in [3.05, 3.63) is 36.4 Å². The second-order valence-electron chi connectivity index (χ2n) is 6.52. The van der Waals surface area contributed by atoms with Gasteiger partial charge in [-0.25, -0.2) is 18.4 Å². The Balaban J connectivity index is 1.85. The molecular formula is C16H20F3N5O2S. The third kappa shape index (κ3) is 3.93. The molecule has 1 aliphatic heterocycles. The Labute approximate surface area is 155 Å². The Kier molecular flexibility index (Phi) is 5.17. The number of aromatic nitrogens is 3. The molecule has 1 aliphatic rings. The largest absolute Gasteiger partial charge is 0.419 e. The number of pyridine rings is 1. The fourth-order valence-corrected chi connectivity index (χ4v) is 4.66. The van der Waals surface area contributed by atoms with E-state index in [2.05, 4.69) is 9.97 Å². The van der Waals surface area contributed by atoms with Crippen LogP contribution >= 0.6 is 0 Å². The summed E-state index contributed by atoms with van der Waals surface area (Å²) in [6.07, 6.45) is 0.666. The van der Waals surface area contributed by atoms with Crippen LogP contribution in [0.1, 0.15) is 18.4 Å². The molecule has 2 aromatic heterocycles. The average molecular weight is 403 g/mol. The van der Waals surface area contributed by atoms with Gasteiger partial charge in [0.2, 0.25) is 0 Å². The molecular weight excluding hydrogens is 383 g/mol. The average Bonchev–Trinajstić information content (AvgIpc) is 3.08. The number of alkyl halides is 3. The van der Waals surface area contributed by atoms with Gasteiger partial charge in [0.15, 0.2) is 5.03 Å². The number of imidazole rings is 1. The number of nitrogens with zero attached hydrogens (tertiary/aromatic N) is 5. The standard InChI is InChI=1S/C16H20F3N5O2S/c1-22-10-14(21-11-22)27(25,26)24-8-4-5-12(9-24)23(2)15-13(16(17,18)19)6-3-7-20-15/h3,6-7,10-12H,4-5,8-9H2,1-2H3. The Morgan fingerprint density at radius 2 is 2.04 bits per heavy atom. The number of sulfonamides is 1. The molecule has 0 aromatic carbocycles. The molecule has 2 aromatic rings. The van der Waals surface area contributed by atoms with Gasteiger partial charge < -0.3 is 9.47 Å². The van der Waals surface area contributed by atoms with Crippen molar-refractivity contribution in [2.45, 2.75) is 30.1 Å². The van der Waals surface area contributed by atoms with E-state index < -0.39 is 27.8 Å². The molecule has 0 saturated carbocycles. The van der Waals surface area contributed by atoms with Gasteiger partial charge in [-0.1, -0.05) is 0 Å². The lowest BCUT2D eigenvalue weighted by atomic mass is 10.1. The van der Waals surface area contributed by atoms with E-state index in [0.29, 0.717) is 19.4 Å². The summed E-state index contributed by atoms with van der Waals surface area (Å²) < 4.78 is 68.2. The fraction of sp³-hybridized carbons (Fsp3) is 0.500. The van der Waals surface area contributed by atoms with Crippen LogP contribution < -0.4 is 4.90 Å². The van der Waals surface area contributed by atoms with Crippen molar-refractivity contribution in [1.29, 1.82) is 0 Å². The summed E-state index contributed by atoms with van der Waals surface area (Å²) in [6.45, 7) is 0.376. The normalized spacial score (nSPS) is 19.2. The van der Waals surface area contributed by atoms with Crippen molar-refractivity contribution >= 4 is 15.8 Å². The number of likely N-dealkylation sites (N-methyl/N-ethyl adjacent to an activating group) is 1. The zero-order valence-electron chi connectivity index (χ0n) is 14.9. The maximum Gasteiger partial charge on any atom is 0.419 e. The maximum absolute atomic E-state index is 13.3. The van der Waals surface area contributed by atoms with Gasteiger partial charge in [0, 0.05) is 45.6 Å². The van der Waals surface area contributed by atoms with E-state index >= 15 is 0 Å². The minimum absolute atomic E-state index is 0.0675. The SMILES string of the molecule is CN(c1ncccc1C(F)(F)F)C1CCCN(S(=O)(=O)c2cn(C)cn2)C1. The minimum atomic E-state index is -4.54. The van der Waals surface area contributed by atoms with E-state index in [1.807, 2.05) is 0 Å². The Morgan fingerprint density at radius 3 is 2.67 bits per heavy atom. The number of aryl methyl sites for hydroxylation is 1. The van der Waals surface area contributed by atoms with Gasteiger partial charge in [-0.2, -0.15) is 17.5 Å². The summed E-state index contributed by atoms with van der Waals surface area (Å²) in [7, 11) is -0.618. The summed E-state index contributed by atoms with van der Waals surface area (Å²) in [5.41, 5.74) is -0.836. The Hall–Kier alpha value is -2.14. The quantitative estimate of drug-likeness (QED) is 0.782. The second-order valence-corrected chi connectivity index (χ2v) is 8.40. The highest BCUT2D eigenvalue weighted by Gasteiger charge is 2.38. The lowest BCUT2D eigenvalue weighted by Gasteiger charge is -2.37. The van der Waals surface area contributed by atoms with Gasteiger partial charge in [0.25, 0.3) is 10.0 Å². The van der Waals surface area contributed by atoms with Crippen molar-refractivity contribution in [2.24, 2.45) is 7.05 Å². The van der Waals surface area contributed by atoms with E-state index in [1.165, 1.54) is 45.6 Å². The summed E-state index contributed by atoms with van der Waals surface area (Å²) >= 11 is 0. The molecule has 1 unspecified atom stereocenters. The van der Waals surface area contributed by atoms with Gasteiger partial charge >= 0.3 is 6.18 Å². The molecule has 0 spiro atoms. The molecule has 0 radical (unpaired) electrons. The third-order valence-corrected chi connectivity index (χ3v) is 6.37. The number of hydrogen-bond acceptors (Lipinski definition) is 5. The molecule has 148 valence electrons. The Bertz CT molecular complexity index is 913. The lowest BCUT2D eigenvalue weighted by Crippen LogP contribution is -2.49. The predicted octanol–water partition coefficient (Wildman–Crippen LogP) is 2.12. The fourth-order valence-electron chi connectivity index (χ4n) is 3.18. The first-order chi connectivity index (χ1) is 12.6. The molecule has 1 fully saturated rings. The zero-order chi connectivity index (χ0) is 19.8. The Morgan fingerprint density at radius 1 is 1.30 bits per heavy atom. The van der Waals surface area contributed by atoms with E-state index in [1.54, 1.807) is 7.05 Å². The van der Waals surface area contributed by atoms with Gasteiger partial charge in [0.05, 0.1) is 11.9 Å². The molecule has 7 nitrogen and oxygen atoms in total. The molecule has 1 atom stereocenters. The van der Waals surface area contributed by atoms with Crippen LogP contribution in [0.5, 0.6) is 0 Å². The summed E-state index contributed by atoms with van der Waals surface area (Å²) in [5, 5.41) is -0.0675. The third-order valence-electron chi connectivity index (χ3n) is 4.62. The van der Waals surface area contributed by atoms with Crippen molar-refractivity contribution < 1.29 is 21.6 Å². The van der Waals surface area contributed by atoms with Gasteiger partial charge in [0.1, 0.15) is 5.82 Å². The lowest BCUT2D eigenvalue weighted by molar-refractivity contribution is -0.137. The first-order valence-corrected chi connectivity index (χ1v) is 9.78. The number of rotatable bonds is 4. The molecule has 11 heteroatoms. The van der Waals surface area contributed by atoms with Crippen molar-refractivity contribution in [1.82, 2.24) is 18.8 Å². The first-order valence-electron chi connectivity index (χ1n) is 8.34. The van der Waals surface area contributed by atoms with Crippen LogP contribution in [0.15, 0.2) is 35.9 Å². The van der Waals surface area contributed by atoms with E-state index in [-0.39, 0.29) is 17.4 Å². The minimum Gasteiger partial charge on any atom is -0.355 e. The second kappa shape index (κ2) is 7.12. The van der Waals surface area contributed by atoms with Crippen LogP contribution in [0.3, 0.4) is 0 Å². The molecule has 27 heavy (non-hydrogen) atoms. The molecule has 1 saturated heterocycles. The predicted molar refractivity (Wildman–Crippen MR) is 92.6 cm³/mol. The number of anilines is 1. The summed E-state index contributed by atoms with van der Waals surface area (Å²) in [4.78, 5) is 9.21. The topological polar surface area (TPSA) is 71.3 Å². The van der Waals surface area contributed by atoms with Crippen LogP contribution in [-0.2, 0) is 23.2 Å². The monoisotopic (exact) mass is 403 g/mol. The molecule has 3 heterocycles. The smallest absolute Gasteiger partial charge is 0.355 e. The maximum atomic E-state index is 13.3. The highest BCUT2D eigenvalue weighted by Crippen LogP contribution is 2.36. The van der Waals surface area contributed by atoms with Gasteiger partial charge in [-0.15, -0.1) is 0 Å². The van der Waals surface area contributed by atoms with Gasteiger partial charge in [-0.05, 0) is 25.0 Å². The highest BCUT2D eigenvalue weighted by molar-refractivity contribution is 7.89. The van der Waals surface area contributed by atoms with Crippen LogP contribution in [0, 0.1) is 0 Å². The summed E-state index contributed by atoms with van der Waals surface area (Å²) in [5.74, 6) is -0.202. The van der Waals surface area contributed by atoms with Crippen LogP contribution in [0.25, 0.3) is 0 Å². The van der Waals surface area contributed by atoms with E-state index in [9.17, 15) is 21.6 Å². The summed E-state index contributed by atoms with van der Waals surface area (Å²) in [6, 6.07) is 1.79. The van der Waals surface area contributed by atoms with E-state index in [0.717, 1.165) is 6.07 Å².